The van der Waals surface area contributed by atoms with Crippen LogP contribution < -0.4 is 0 Å². The molecule has 3 aliphatic rings. The van der Waals surface area contributed by atoms with Crippen LogP contribution in [0.1, 0.15) is 32.6 Å². The monoisotopic (exact) mass is 183 g/mol. The van der Waals surface area contributed by atoms with Crippen LogP contribution in [0.2, 0.25) is 0 Å². The van der Waals surface area contributed by atoms with Crippen molar-refractivity contribution in [2.45, 2.75) is 32.6 Å². The molecule has 0 radical (unpaired) electrons. The van der Waals surface area contributed by atoms with Crippen molar-refractivity contribution in [1.82, 2.24) is 4.90 Å². The lowest BCUT2D eigenvalue weighted by Gasteiger charge is -2.52. The number of fused-ring (bicyclic) bond motifs is 3. The molecule has 0 aromatic carbocycles. The molecule has 3 fully saturated rings. The van der Waals surface area contributed by atoms with Crippen molar-refractivity contribution in [2.75, 3.05) is 26.2 Å². The van der Waals surface area contributed by atoms with Gasteiger partial charge in [0, 0.05) is 13.2 Å². The van der Waals surface area contributed by atoms with Crippen LogP contribution in [0.25, 0.3) is 0 Å². The average Bonchev–Trinajstić information content (AvgIpc) is 2.16. The highest BCUT2D eigenvalue weighted by molar-refractivity contribution is 4.94. The van der Waals surface area contributed by atoms with Gasteiger partial charge in [0.05, 0.1) is 0 Å². The molecule has 0 aliphatic carbocycles. The third kappa shape index (κ3) is 1.75. The van der Waals surface area contributed by atoms with Crippen molar-refractivity contribution in [3.05, 3.63) is 0 Å². The lowest BCUT2D eigenvalue weighted by Crippen LogP contribution is -2.53. The fourth-order valence-electron chi connectivity index (χ4n) is 2.96. The van der Waals surface area contributed by atoms with E-state index in [2.05, 4.69) is 11.8 Å². The number of aliphatic hydroxyl groups excluding tert-OH is 1. The maximum absolute atomic E-state index is 8.84. The summed E-state index contributed by atoms with van der Waals surface area (Å²) in [5.74, 6) is 0.849. The minimum absolute atomic E-state index is 0.368. The molecule has 3 heterocycles. The molecule has 0 aromatic heterocycles. The molecule has 13 heavy (non-hydrogen) atoms. The lowest BCUT2D eigenvalue weighted by molar-refractivity contribution is -0.0272. The molecule has 3 rings (SSSR count). The highest BCUT2D eigenvalue weighted by Gasteiger charge is 2.42. The van der Waals surface area contributed by atoms with E-state index in [1.165, 1.54) is 38.9 Å². The van der Waals surface area contributed by atoms with Crippen molar-refractivity contribution in [1.29, 1.82) is 0 Å². The van der Waals surface area contributed by atoms with E-state index in [-0.39, 0.29) is 0 Å². The predicted molar refractivity (Wildman–Crippen MR) is 53.6 cm³/mol. The maximum Gasteiger partial charge on any atom is 0.0431 e. The summed E-state index contributed by atoms with van der Waals surface area (Å²) in [4.78, 5) is 2.59. The quantitative estimate of drug-likeness (QED) is 0.716. The van der Waals surface area contributed by atoms with Crippen LogP contribution in [0, 0.1) is 11.3 Å². The second kappa shape index (κ2) is 3.58. The fourth-order valence-corrected chi connectivity index (χ4v) is 2.96. The first-order valence-electron chi connectivity index (χ1n) is 5.58. The van der Waals surface area contributed by atoms with Crippen LogP contribution in [0.15, 0.2) is 0 Å². The van der Waals surface area contributed by atoms with Gasteiger partial charge < -0.3 is 10.0 Å². The number of aliphatic hydroxyl groups is 1. The summed E-state index contributed by atoms with van der Waals surface area (Å²) in [6, 6.07) is 0. The highest BCUT2D eigenvalue weighted by atomic mass is 16.2. The van der Waals surface area contributed by atoms with E-state index in [4.69, 9.17) is 5.11 Å². The second-order valence-electron chi connectivity index (χ2n) is 5.02. The number of hydrogen-bond acceptors (Lipinski definition) is 2. The molecular weight excluding hydrogens is 162 g/mol. The van der Waals surface area contributed by atoms with Gasteiger partial charge in [-0.05, 0) is 50.1 Å². The first-order chi connectivity index (χ1) is 6.24. The second-order valence-corrected chi connectivity index (χ2v) is 5.02. The van der Waals surface area contributed by atoms with Gasteiger partial charge in [0.15, 0.2) is 0 Å². The first kappa shape index (κ1) is 9.47. The normalized spacial score (nSPS) is 43.8. The van der Waals surface area contributed by atoms with Gasteiger partial charge >= 0.3 is 0 Å². The Morgan fingerprint density at radius 3 is 2.62 bits per heavy atom. The van der Waals surface area contributed by atoms with Gasteiger partial charge in [0.2, 0.25) is 0 Å². The summed E-state index contributed by atoms with van der Waals surface area (Å²) in [6.07, 6.45) is 4.98. The van der Waals surface area contributed by atoms with Gasteiger partial charge in [-0.2, -0.15) is 0 Å². The third-order valence-electron chi connectivity index (χ3n) is 4.17. The van der Waals surface area contributed by atoms with Crippen LogP contribution in [0.3, 0.4) is 0 Å². The topological polar surface area (TPSA) is 23.5 Å². The molecule has 0 aromatic rings. The van der Waals surface area contributed by atoms with E-state index in [0.717, 1.165) is 12.3 Å². The Morgan fingerprint density at radius 1 is 1.38 bits per heavy atom. The van der Waals surface area contributed by atoms with Gasteiger partial charge in [0.25, 0.3) is 0 Å². The van der Waals surface area contributed by atoms with E-state index < -0.39 is 0 Å². The van der Waals surface area contributed by atoms with Crippen molar-refractivity contribution < 1.29 is 5.11 Å². The molecule has 3 saturated heterocycles. The summed E-state index contributed by atoms with van der Waals surface area (Å²) >= 11 is 0. The lowest BCUT2D eigenvalue weighted by atomic mass is 9.65. The molecule has 0 spiro atoms. The Hall–Kier alpha value is -0.0800. The third-order valence-corrected chi connectivity index (χ3v) is 4.17. The SMILES string of the molecule is CC12CCN(CC1)CC2CCCO. The fraction of sp³-hybridized carbons (Fsp3) is 1.00. The standard InChI is InChI=1S/C11H21NO/c1-11-4-6-12(7-5-11)9-10(11)3-2-8-13/h10,13H,2-9H2,1H3. The van der Waals surface area contributed by atoms with Crippen LogP contribution in [0.4, 0.5) is 0 Å². The molecule has 1 atom stereocenters. The van der Waals surface area contributed by atoms with Crippen molar-refractivity contribution in [2.24, 2.45) is 11.3 Å². The predicted octanol–water partition coefficient (Wildman–Crippen LogP) is 1.49. The Balaban J connectivity index is 1.95. The van der Waals surface area contributed by atoms with E-state index in [1.54, 1.807) is 0 Å². The van der Waals surface area contributed by atoms with E-state index in [1.807, 2.05) is 0 Å². The van der Waals surface area contributed by atoms with Crippen LogP contribution in [-0.2, 0) is 0 Å². The summed E-state index contributed by atoms with van der Waals surface area (Å²) in [5, 5.41) is 8.84. The zero-order valence-corrected chi connectivity index (χ0v) is 8.63. The Kier molecular flexibility index (Phi) is 2.61. The Bertz CT molecular complexity index is 173. The molecule has 0 saturated carbocycles. The molecule has 2 bridgehead atoms. The molecule has 1 N–H and O–H groups in total. The van der Waals surface area contributed by atoms with E-state index in [9.17, 15) is 0 Å². The molecule has 76 valence electrons. The minimum Gasteiger partial charge on any atom is -0.396 e. The molecule has 1 unspecified atom stereocenters. The van der Waals surface area contributed by atoms with Gasteiger partial charge in [-0.1, -0.05) is 6.92 Å². The van der Waals surface area contributed by atoms with Gasteiger partial charge in [-0.25, -0.2) is 0 Å². The van der Waals surface area contributed by atoms with Crippen LogP contribution >= 0.6 is 0 Å². The molecule has 2 heteroatoms. The summed E-state index contributed by atoms with van der Waals surface area (Å²) < 4.78 is 0. The van der Waals surface area contributed by atoms with Crippen molar-refractivity contribution in [3.63, 3.8) is 0 Å². The largest absolute Gasteiger partial charge is 0.396 e. The number of nitrogens with zero attached hydrogens (tertiary/aromatic N) is 1. The zero-order chi connectivity index (χ0) is 9.31. The van der Waals surface area contributed by atoms with E-state index >= 15 is 0 Å². The Morgan fingerprint density at radius 2 is 2.08 bits per heavy atom. The maximum atomic E-state index is 8.84. The average molecular weight is 183 g/mol. The Labute approximate surface area is 80.9 Å². The molecule has 0 amide bonds. The number of rotatable bonds is 3. The van der Waals surface area contributed by atoms with Gasteiger partial charge in [0.1, 0.15) is 0 Å². The summed E-state index contributed by atoms with van der Waals surface area (Å²) in [6.45, 7) is 6.73. The summed E-state index contributed by atoms with van der Waals surface area (Å²) in [5.41, 5.74) is 0.601. The van der Waals surface area contributed by atoms with Crippen molar-refractivity contribution >= 4 is 0 Å². The molecular formula is C11H21NO. The van der Waals surface area contributed by atoms with Crippen LogP contribution in [0.5, 0.6) is 0 Å². The zero-order valence-electron chi connectivity index (χ0n) is 8.63. The molecule has 2 nitrogen and oxygen atoms in total. The summed E-state index contributed by atoms with van der Waals surface area (Å²) in [7, 11) is 0. The highest BCUT2D eigenvalue weighted by Crippen LogP contribution is 2.45. The van der Waals surface area contributed by atoms with Gasteiger partial charge in [-0.3, -0.25) is 0 Å². The molecule has 3 aliphatic heterocycles. The number of piperidine rings is 3. The smallest absolute Gasteiger partial charge is 0.0431 e. The van der Waals surface area contributed by atoms with E-state index in [0.29, 0.717) is 12.0 Å². The van der Waals surface area contributed by atoms with Crippen molar-refractivity contribution in [3.8, 4) is 0 Å². The first-order valence-corrected chi connectivity index (χ1v) is 5.58. The van der Waals surface area contributed by atoms with Gasteiger partial charge in [-0.15, -0.1) is 0 Å². The van der Waals surface area contributed by atoms with Crippen LogP contribution in [-0.4, -0.2) is 36.2 Å². The minimum atomic E-state index is 0.368. The number of hydrogen-bond donors (Lipinski definition) is 1.